The third kappa shape index (κ3) is 4.57. The van der Waals surface area contributed by atoms with Crippen LogP contribution in [-0.2, 0) is 13.0 Å². The molecule has 0 aliphatic carbocycles. The van der Waals surface area contributed by atoms with E-state index in [0.717, 1.165) is 26.2 Å². The van der Waals surface area contributed by atoms with E-state index in [1.165, 1.54) is 10.4 Å². The molecule has 1 nitrogen and oxygen atoms in total. The highest BCUT2D eigenvalue weighted by Crippen LogP contribution is 2.32. The number of hydrogen-bond acceptors (Lipinski definition) is 2. The first kappa shape index (κ1) is 15.5. The van der Waals surface area contributed by atoms with Crippen molar-refractivity contribution in [1.82, 2.24) is 5.32 Å². The molecule has 0 aliphatic rings. The number of thiophene rings is 1. The number of hydrogen-bond donors (Lipinski definition) is 1. The van der Waals surface area contributed by atoms with E-state index in [0.29, 0.717) is 6.04 Å². The molecule has 1 aromatic carbocycles. The average molecular weight is 424 g/mol. The maximum Gasteiger partial charge on any atom is 0.0843 e. The van der Waals surface area contributed by atoms with Gasteiger partial charge in [0, 0.05) is 27.0 Å². The summed E-state index contributed by atoms with van der Waals surface area (Å²) in [5.41, 5.74) is 1.19. The third-order valence-corrected chi connectivity index (χ3v) is 6.43. The van der Waals surface area contributed by atoms with Crippen LogP contribution in [0.5, 0.6) is 0 Å². The van der Waals surface area contributed by atoms with Crippen molar-refractivity contribution in [3.05, 3.63) is 54.1 Å². The minimum absolute atomic E-state index is 0.388. The van der Waals surface area contributed by atoms with Crippen LogP contribution >= 0.6 is 54.8 Å². The number of nitrogens with one attached hydrogen (secondary N) is 1. The van der Waals surface area contributed by atoms with Gasteiger partial charge in [0.25, 0.3) is 0 Å². The Balaban J connectivity index is 1.88. The van der Waals surface area contributed by atoms with Crippen LogP contribution in [0.2, 0.25) is 5.02 Å². The molecule has 0 bridgehead atoms. The molecule has 1 heterocycles. The van der Waals surface area contributed by atoms with Crippen LogP contribution in [0.4, 0.5) is 0 Å². The van der Waals surface area contributed by atoms with Gasteiger partial charge < -0.3 is 5.32 Å². The van der Waals surface area contributed by atoms with Gasteiger partial charge in [0.05, 0.1) is 3.79 Å². The Bertz CT molecular complexity index is 537. The fraction of sp³-hybridized carbons (Fsp3) is 0.286. The van der Waals surface area contributed by atoms with E-state index in [2.05, 4.69) is 56.2 Å². The van der Waals surface area contributed by atoms with Gasteiger partial charge in [-0.15, -0.1) is 11.3 Å². The summed E-state index contributed by atoms with van der Waals surface area (Å²) in [5.74, 6) is 0. The van der Waals surface area contributed by atoms with Crippen molar-refractivity contribution in [2.75, 3.05) is 0 Å². The van der Waals surface area contributed by atoms with Crippen LogP contribution in [-0.4, -0.2) is 6.04 Å². The molecule has 2 aromatic rings. The lowest BCUT2D eigenvalue weighted by Crippen LogP contribution is -2.27. The maximum atomic E-state index is 6.17. The molecular weight excluding hydrogens is 409 g/mol. The van der Waals surface area contributed by atoms with Gasteiger partial charge >= 0.3 is 0 Å². The van der Waals surface area contributed by atoms with Crippen molar-refractivity contribution in [3.8, 4) is 0 Å². The highest BCUT2D eigenvalue weighted by molar-refractivity contribution is 9.13. The zero-order valence-corrected chi connectivity index (χ0v) is 15.2. The second-order valence-corrected chi connectivity index (χ2v) is 8.13. The molecule has 0 radical (unpaired) electrons. The lowest BCUT2D eigenvalue weighted by Gasteiger charge is -2.14. The van der Waals surface area contributed by atoms with Crippen molar-refractivity contribution >= 4 is 54.8 Å². The summed E-state index contributed by atoms with van der Waals surface area (Å²) in [5, 5.41) is 4.37. The smallest absolute Gasteiger partial charge is 0.0843 e. The quantitative estimate of drug-likeness (QED) is 0.656. The molecule has 19 heavy (non-hydrogen) atoms. The minimum Gasteiger partial charge on any atom is -0.309 e. The molecule has 0 fully saturated rings. The van der Waals surface area contributed by atoms with Gasteiger partial charge in [-0.2, -0.15) is 0 Å². The van der Waals surface area contributed by atoms with Gasteiger partial charge in [0.1, 0.15) is 0 Å². The Labute approximate surface area is 139 Å². The van der Waals surface area contributed by atoms with Crippen LogP contribution < -0.4 is 5.32 Å². The van der Waals surface area contributed by atoms with Gasteiger partial charge in [-0.1, -0.05) is 29.8 Å². The van der Waals surface area contributed by atoms with Crippen LogP contribution in [0.15, 0.2) is 38.6 Å². The molecule has 1 aromatic heterocycles. The lowest BCUT2D eigenvalue weighted by molar-refractivity contribution is 0.549. The standard InChI is InChI=1S/C14H14Br2ClNS/c1-9(6-10-4-2-3-5-13(10)17)18-8-11-7-12(15)14(16)19-11/h2-5,7,9,18H,6,8H2,1H3. The first-order valence-electron chi connectivity index (χ1n) is 5.96. The SMILES string of the molecule is CC(Cc1ccccc1Cl)NCc1cc(Br)c(Br)s1. The number of halogens is 3. The minimum atomic E-state index is 0.388. The molecule has 2 rings (SSSR count). The molecule has 0 aliphatic heterocycles. The molecule has 1 atom stereocenters. The maximum absolute atomic E-state index is 6.17. The number of benzene rings is 1. The highest BCUT2D eigenvalue weighted by atomic mass is 79.9. The molecule has 0 amide bonds. The Kier molecular flexibility index (Phi) is 5.90. The molecule has 1 N–H and O–H groups in total. The van der Waals surface area contributed by atoms with Gasteiger partial charge in [0.2, 0.25) is 0 Å². The topological polar surface area (TPSA) is 12.0 Å². The zero-order chi connectivity index (χ0) is 13.8. The van der Waals surface area contributed by atoms with E-state index in [1.54, 1.807) is 11.3 Å². The van der Waals surface area contributed by atoms with Crippen LogP contribution in [0, 0.1) is 0 Å². The molecule has 1 unspecified atom stereocenters. The van der Waals surface area contributed by atoms with E-state index in [-0.39, 0.29) is 0 Å². The van der Waals surface area contributed by atoms with Crippen LogP contribution in [0.1, 0.15) is 17.4 Å². The molecule has 5 heteroatoms. The number of rotatable bonds is 5. The second-order valence-electron chi connectivity index (χ2n) is 4.41. The van der Waals surface area contributed by atoms with E-state index < -0.39 is 0 Å². The van der Waals surface area contributed by atoms with Gasteiger partial charge in [-0.05, 0) is 62.9 Å². The van der Waals surface area contributed by atoms with Crippen LogP contribution in [0.3, 0.4) is 0 Å². The molecule has 0 spiro atoms. The van der Waals surface area contributed by atoms with Crippen molar-refractivity contribution in [2.45, 2.75) is 25.9 Å². The largest absolute Gasteiger partial charge is 0.309 e. The van der Waals surface area contributed by atoms with Crippen molar-refractivity contribution in [2.24, 2.45) is 0 Å². The summed E-state index contributed by atoms with van der Waals surface area (Å²) in [4.78, 5) is 1.31. The van der Waals surface area contributed by atoms with Crippen molar-refractivity contribution in [3.63, 3.8) is 0 Å². The zero-order valence-electron chi connectivity index (χ0n) is 10.4. The molecule has 0 saturated heterocycles. The Morgan fingerprint density at radius 1 is 1.32 bits per heavy atom. The van der Waals surface area contributed by atoms with Gasteiger partial charge in [-0.25, -0.2) is 0 Å². The van der Waals surface area contributed by atoms with E-state index >= 15 is 0 Å². The van der Waals surface area contributed by atoms with Crippen molar-refractivity contribution < 1.29 is 0 Å². The predicted octanol–water partition coefficient (Wildman–Crippen LogP) is 5.65. The van der Waals surface area contributed by atoms with Crippen molar-refractivity contribution in [1.29, 1.82) is 0 Å². The fourth-order valence-corrected chi connectivity index (χ4v) is 4.16. The second kappa shape index (κ2) is 7.23. The first-order chi connectivity index (χ1) is 9.06. The molecule has 0 saturated carbocycles. The van der Waals surface area contributed by atoms with E-state index in [4.69, 9.17) is 11.6 Å². The Hall–Kier alpha value is 0.130. The summed E-state index contributed by atoms with van der Waals surface area (Å²) < 4.78 is 2.26. The first-order valence-corrected chi connectivity index (χ1v) is 8.75. The highest BCUT2D eigenvalue weighted by Gasteiger charge is 2.08. The van der Waals surface area contributed by atoms with Gasteiger partial charge in [0.15, 0.2) is 0 Å². The summed E-state index contributed by atoms with van der Waals surface area (Å²) in [6, 6.07) is 10.5. The Morgan fingerprint density at radius 3 is 2.68 bits per heavy atom. The fourth-order valence-electron chi connectivity index (χ4n) is 1.82. The normalized spacial score (nSPS) is 12.6. The predicted molar refractivity (Wildman–Crippen MR) is 91.2 cm³/mol. The summed E-state index contributed by atoms with van der Waals surface area (Å²) in [7, 11) is 0. The van der Waals surface area contributed by atoms with Crippen LogP contribution in [0.25, 0.3) is 0 Å². The molecule has 102 valence electrons. The van der Waals surface area contributed by atoms with E-state index in [9.17, 15) is 0 Å². The summed E-state index contributed by atoms with van der Waals surface area (Å²) in [6.07, 6.45) is 0.938. The average Bonchev–Trinajstić information content (AvgIpc) is 2.69. The Morgan fingerprint density at radius 2 is 2.05 bits per heavy atom. The molecular formula is C14H14Br2ClNS. The summed E-state index contributed by atoms with van der Waals surface area (Å²) >= 11 is 14.9. The van der Waals surface area contributed by atoms with E-state index in [1.807, 2.05) is 18.2 Å². The lowest BCUT2D eigenvalue weighted by atomic mass is 10.1. The monoisotopic (exact) mass is 421 g/mol. The summed E-state index contributed by atoms with van der Waals surface area (Å²) in [6.45, 7) is 3.06. The third-order valence-electron chi connectivity index (χ3n) is 2.80. The van der Waals surface area contributed by atoms with Gasteiger partial charge in [-0.3, -0.25) is 0 Å².